The molecule has 2 aliphatic rings. The third-order valence-electron chi connectivity index (χ3n) is 6.41. The molecule has 162 valence electrons. The van der Waals surface area contributed by atoms with Gasteiger partial charge >= 0.3 is 0 Å². The predicted molar refractivity (Wildman–Crippen MR) is 115 cm³/mol. The van der Waals surface area contributed by atoms with Gasteiger partial charge in [-0.05, 0) is 62.1 Å². The summed E-state index contributed by atoms with van der Waals surface area (Å²) in [6, 6.07) is 9.05. The lowest BCUT2D eigenvalue weighted by molar-refractivity contribution is 0.141. The van der Waals surface area contributed by atoms with Crippen molar-refractivity contribution in [3.8, 4) is 0 Å². The molecule has 0 radical (unpaired) electrons. The molecular weight excluding hydrogens is 400 g/mol. The van der Waals surface area contributed by atoms with Crippen molar-refractivity contribution in [2.24, 2.45) is 5.92 Å². The van der Waals surface area contributed by atoms with Gasteiger partial charge in [0.05, 0.1) is 11.2 Å². The lowest BCUT2D eigenvalue weighted by Gasteiger charge is -2.33. The van der Waals surface area contributed by atoms with E-state index in [2.05, 4.69) is 20.0 Å². The number of fused-ring (bicyclic) bond motifs is 2. The van der Waals surface area contributed by atoms with Gasteiger partial charge in [-0.3, -0.25) is 4.79 Å². The number of benzene rings is 1. The van der Waals surface area contributed by atoms with E-state index in [0.29, 0.717) is 36.9 Å². The van der Waals surface area contributed by atoms with E-state index in [1.165, 1.54) is 0 Å². The van der Waals surface area contributed by atoms with Gasteiger partial charge < -0.3 is 4.90 Å². The van der Waals surface area contributed by atoms with Crippen molar-refractivity contribution in [2.75, 3.05) is 18.0 Å². The summed E-state index contributed by atoms with van der Waals surface area (Å²) in [4.78, 5) is 22.8. The second-order valence-electron chi connectivity index (χ2n) is 8.50. The fraction of sp³-hybridized carbons (Fsp3) is 0.478. The molecule has 0 bridgehead atoms. The van der Waals surface area contributed by atoms with Gasteiger partial charge in [0, 0.05) is 31.1 Å². The van der Waals surface area contributed by atoms with Crippen molar-refractivity contribution in [1.29, 1.82) is 0 Å². The molecule has 5 rings (SSSR count). The van der Waals surface area contributed by atoms with Crippen LogP contribution in [0.2, 0.25) is 0 Å². The molecule has 6 nitrogen and oxygen atoms in total. The number of aromatic nitrogens is 4. The molecule has 3 aromatic rings. The fourth-order valence-electron chi connectivity index (χ4n) is 4.72. The monoisotopic (exact) mass is 425 g/mol. The molecule has 1 aliphatic heterocycles. The van der Waals surface area contributed by atoms with Crippen LogP contribution in [0.5, 0.6) is 0 Å². The molecule has 0 saturated carbocycles. The first kappa shape index (κ1) is 20.0. The van der Waals surface area contributed by atoms with Gasteiger partial charge in [-0.25, -0.2) is 23.4 Å². The SMILES string of the molecule is O=c1cc2c(nn1CC1CCN(c3nc(C(F)F)nc4ccccc34)CC1)CCCC2. The van der Waals surface area contributed by atoms with Crippen LogP contribution >= 0.6 is 0 Å². The number of para-hydroxylation sites is 1. The van der Waals surface area contributed by atoms with E-state index in [4.69, 9.17) is 0 Å². The number of piperidine rings is 1. The van der Waals surface area contributed by atoms with Crippen molar-refractivity contribution in [3.05, 3.63) is 57.8 Å². The van der Waals surface area contributed by atoms with Crippen molar-refractivity contribution in [2.45, 2.75) is 51.5 Å². The van der Waals surface area contributed by atoms with Crippen LogP contribution in [0.4, 0.5) is 14.6 Å². The lowest BCUT2D eigenvalue weighted by atomic mass is 9.95. The second kappa shape index (κ2) is 8.32. The topological polar surface area (TPSA) is 63.9 Å². The predicted octanol–water partition coefficient (Wildman–Crippen LogP) is 3.92. The van der Waals surface area contributed by atoms with Crippen LogP contribution in [0.1, 0.15) is 49.2 Å². The minimum absolute atomic E-state index is 0.0218. The van der Waals surface area contributed by atoms with Crippen LogP contribution in [-0.2, 0) is 19.4 Å². The summed E-state index contributed by atoms with van der Waals surface area (Å²) < 4.78 is 28.3. The molecule has 1 fully saturated rings. The first-order chi connectivity index (χ1) is 15.1. The number of hydrogen-bond acceptors (Lipinski definition) is 5. The van der Waals surface area contributed by atoms with Gasteiger partial charge in [0.15, 0.2) is 5.82 Å². The minimum Gasteiger partial charge on any atom is -0.356 e. The number of aryl methyl sites for hydroxylation is 2. The summed E-state index contributed by atoms with van der Waals surface area (Å²) in [5.74, 6) is 0.467. The molecule has 2 aromatic heterocycles. The standard InChI is InChI=1S/C23H25F2N5O/c24-21(25)22-26-19-8-4-2-6-17(19)23(27-22)29-11-9-15(10-12-29)14-30-20(31)13-16-5-1-3-7-18(16)28-30/h2,4,6,8,13,15,21H,1,3,5,7,9-12,14H2. The average Bonchev–Trinajstić information content (AvgIpc) is 2.79. The van der Waals surface area contributed by atoms with Crippen molar-refractivity contribution in [1.82, 2.24) is 19.7 Å². The maximum absolute atomic E-state index is 13.3. The van der Waals surface area contributed by atoms with Crippen LogP contribution in [0.3, 0.4) is 0 Å². The zero-order valence-corrected chi connectivity index (χ0v) is 17.3. The van der Waals surface area contributed by atoms with Crippen LogP contribution in [0.15, 0.2) is 35.1 Å². The second-order valence-corrected chi connectivity index (χ2v) is 8.50. The smallest absolute Gasteiger partial charge is 0.297 e. The molecular formula is C23H25F2N5O. The van der Waals surface area contributed by atoms with Gasteiger partial charge in [0.25, 0.3) is 12.0 Å². The van der Waals surface area contributed by atoms with E-state index < -0.39 is 12.2 Å². The Morgan fingerprint density at radius 3 is 2.65 bits per heavy atom. The number of halogens is 2. The molecule has 1 aliphatic carbocycles. The highest BCUT2D eigenvalue weighted by Crippen LogP contribution is 2.30. The third-order valence-corrected chi connectivity index (χ3v) is 6.41. The number of rotatable bonds is 4. The van der Waals surface area contributed by atoms with Crippen molar-refractivity contribution >= 4 is 16.7 Å². The van der Waals surface area contributed by atoms with Gasteiger partial charge in [-0.2, -0.15) is 5.10 Å². The highest BCUT2D eigenvalue weighted by atomic mass is 19.3. The molecule has 31 heavy (non-hydrogen) atoms. The molecule has 0 spiro atoms. The first-order valence-corrected chi connectivity index (χ1v) is 11.0. The van der Waals surface area contributed by atoms with Crippen LogP contribution in [0, 0.1) is 5.92 Å². The van der Waals surface area contributed by atoms with E-state index in [9.17, 15) is 13.6 Å². The third kappa shape index (κ3) is 4.03. The lowest BCUT2D eigenvalue weighted by Crippen LogP contribution is -2.38. The Morgan fingerprint density at radius 2 is 1.84 bits per heavy atom. The van der Waals surface area contributed by atoms with Gasteiger partial charge in [-0.15, -0.1) is 0 Å². The Bertz CT molecular complexity index is 1150. The molecule has 0 N–H and O–H groups in total. The van der Waals surface area contributed by atoms with E-state index >= 15 is 0 Å². The molecule has 0 atom stereocenters. The Kier molecular flexibility index (Phi) is 5.38. The van der Waals surface area contributed by atoms with Crippen molar-refractivity contribution < 1.29 is 8.78 Å². The summed E-state index contributed by atoms with van der Waals surface area (Å²) in [6.07, 6.45) is 3.15. The Labute approximate surface area is 178 Å². The van der Waals surface area contributed by atoms with E-state index in [-0.39, 0.29) is 5.56 Å². The Hall–Kier alpha value is -2.90. The molecule has 3 heterocycles. The van der Waals surface area contributed by atoms with E-state index in [1.807, 2.05) is 12.1 Å². The number of nitrogens with zero attached hydrogens (tertiary/aromatic N) is 5. The molecule has 8 heteroatoms. The Balaban J connectivity index is 1.33. The van der Waals surface area contributed by atoms with Gasteiger partial charge in [-0.1, -0.05) is 12.1 Å². The van der Waals surface area contributed by atoms with Gasteiger partial charge in [0.1, 0.15) is 5.82 Å². The molecule has 0 amide bonds. The highest BCUT2D eigenvalue weighted by molar-refractivity contribution is 5.89. The number of anilines is 1. The van der Waals surface area contributed by atoms with Crippen LogP contribution < -0.4 is 10.5 Å². The maximum Gasteiger partial charge on any atom is 0.297 e. The van der Waals surface area contributed by atoms with Crippen LogP contribution in [-0.4, -0.2) is 32.8 Å². The first-order valence-electron chi connectivity index (χ1n) is 11.0. The fourth-order valence-corrected chi connectivity index (χ4v) is 4.72. The average molecular weight is 425 g/mol. The summed E-state index contributed by atoms with van der Waals surface area (Å²) in [7, 11) is 0. The van der Waals surface area contributed by atoms with E-state index in [1.54, 1.807) is 22.9 Å². The van der Waals surface area contributed by atoms with Gasteiger partial charge in [0.2, 0.25) is 0 Å². The summed E-state index contributed by atoms with van der Waals surface area (Å²) >= 11 is 0. The highest BCUT2D eigenvalue weighted by Gasteiger charge is 2.25. The normalized spacial score (nSPS) is 17.3. The van der Waals surface area contributed by atoms with Crippen LogP contribution in [0.25, 0.3) is 10.9 Å². The number of alkyl halides is 2. The molecule has 0 unspecified atom stereocenters. The molecule has 1 aromatic carbocycles. The zero-order valence-electron chi connectivity index (χ0n) is 17.3. The molecule has 1 saturated heterocycles. The number of hydrogen-bond donors (Lipinski definition) is 0. The van der Waals surface area contributed by atoms with E-state index in [0.717, 1.165) is 55.2 Å². The van der Waals surface area contributed by atoms with Crippen molar-refractivity contribution in [3.63, 3.8) is 0 Å². The summed E-state index contributed by atoms with van der Waals surface area (Å²) in [6.45, 7) is 2.01. The minimum atomic E-state index is -2.71. The summed E-state index contributed by atoms with van der Waals surface area (Å²) in [5.41, 5.74) is 2.68. The summed E-state index contributed by atoms with van der Waals surface area (Å²) in [5, 5.41) is 5.43. The zero-order chi connectivity index (χ0) is 21.4. The maximum atomic E-state index is 13.3. The largest absolute Gasteiger partial charge is 0.356 e. The Morgan fingerprint density at radius 1 is 1.06 bits per heavy atom. The quantitative estimate of drug-likeness (QED) is 0.634.